The summed E-state index contributed by atoms with van der Waals surface area (Å²) < 4.78 is 11.3. The minimum Gasteiger partial charge on any atom is -0.461 e. The summed E-state index contributed by atoms with van der Waals surface area (Å²) in [6.07, 6.45) is 3.12. The predicted molar refractivity (Wildman–Crippen MR) is 203 cm³/mol. The van der Waals surface area contributed by atoms with Crippen LogP contribution in [0.4, 0.5) is 10.5 Å². The van der Waals surface area contributed by atoms with E-state index >= 15 is 0 Å². The zero-order valence-electron chi connectivity index (χ0n) is 30.0. The number of aliphatic hydroxyl groups is 1. The molecular formula is C42H44N4O8. The maximum Gasteiger partial charge on any atom is 0.407 e. The van der Waals surface area contributed by atoms with Crippen LogP contribution in [0.3, 0.4) is 0 Å². The van der Waals surface area contributed by atoms with Crippen LogP contribution >= 0.6 is 0 Å². The molecule has 6 rings (SSSR count). The third kappa shape index (κ3) is 9.31. The van der Waals surface area contributed by atoms with Crippen molar-refractivity contribution < 1.29 is 38.6 Å². The number of fused-ring (bicyclic) bond motifs is 4. The number of hydrogen-bond donors (Lipinski definition) is 5. The molecule has 4 atom stereocenters. The highest BCUT2D eigenvalue weighted by atomic mass is 16.6. The first-order chi connectivity index (χ1) is 26.2. The minimum absolute atomic E-state index is 0.0522. The summed E-state index contributed by atoms with van der Waals surface area (Å²) >= 11 is 0. The molecule has 1 aliphatic carbocycles. The average molecular weight is 733 g/mol. The summed E-state index contributed by atoms with van der Waals surface area (Å²) in [5, 5.41) is 22.0. The molecule has 1 heterocycles. The molecule has 5 N–H and O–H groups in total. The molecule has 4 aromatic carbocycles. The SMILES string of the molecule is C[C@H](CO)NC(=O)C[C@H]1CC=CCC[C@H](NC(=O)OCC2c3ccccc3-c3ccccc32)C(=O)OC[C@@H](C(=O)Nc2ccc3ccccc3c2)NC1=O. The summed E-state index contributed by atoms with van der Waals surface area (Å²) in [7, 11) is 0. The van der Waals surface area contributed by atoms with Crippen LogP contribution in [0.15, 0.2) is 103 Å². The van der Waals surface area contributed by atoms with E-state index in [1.807, 2.05) is 78.9 Å². The van der Waals surface area contributed by atoms with Gasteiger partial charge in [0.25, 0.3) is 5.91 Å². The normalized spacial score (nSPS) is 19.4. The number of benzene rings is 4. The number of nitrogens with one attached hydrogen (secondary N) is 4. The van der Waals surface area contributed by atoms with Gasteiger partial charge in [0.05, 0.1) is 12.5 Å². The van der Waals surface area contributed by atoms with Gasteiger partial charge in [-0.15, -0.1) is 0 Å². The molecule has 12 nitrogen and oxygen atoms in total. The highest BCUT2D eigenvalue weighted by Gasteiger charge is 2.32. The van der Waals surface area contributed by atoms with E-state index in [0.29, 0.717) is 12.1 Å². The number of allylic oxidation sites excluding steroid dienone is 2. The Balaban J connectivity index is 1.16. The molecule has 0 spiro atoms. The molecule has 0 unspecified atom stereocenters. The number of carbonyl (C=O) groups excluding carboxylic acids is 5. The van der Waals surface area contributed by atoms with Crippen molar-refractivity contribution in [3.05, 3.63) is 114 Å². The maximum atomic E-state index is 13.7. The number of anilines is 1. The van der Waals surface area contributed by atoms with Crippen molar-refractivity contribution in [2.45, 2.75) is 56.7 Å². The molecule has 4 aromatic rings. The Bertz CT molecular complexity index is 2000. The van der Waals surface area contributed by atoms with Gasteiger partial charge in [-0.25, -0.2) is 9.59 Å². The number of esters is 1. The van der Waals surface area contributed by atoms with Crippen LogP contribution in [-0.4, -0.2) is 72.8 Å². The molecule has 54 heavy (non-hydrogen) atoms. The lowest BCUT2D eigenvalue weighted by molar-refractivity contribution is -0.148. The van der Waals surface area contributed by atoms with Gasteiger partial charge < -0.3 is 35.8 Å². The Morgan fingerprint density at radius 1 is 0.907 bits per heavy atom. The summed E-state index contributed by atoms with van der Waals surface area (Å²) in [4.78, 5) is 66.7. The molecule has 1 aliphatic heterocycles. The lowest BCUT2D eigenvalue weighted by atomic mass is 9.98. The van der Waals surface area contributed by atoms with Crippen LogP contribution in [0.1, 0.15) is 49.7 Å². The fraction of sp³-hybridized carbons (Fsp3) is 0.310. The number of carbonyl (C=O) groups is 5. The number of hydrogen-bond acceptors (Lipinski definition) is 8. The highest BCUT2D eigenvalue weighted by molar-refractivity contribution is 6.00. The molecular weight excluding hydrogens is 688 g/mol. The van der Waals surface area contributed by atoms with Gasteiger partial charge >= 0.3 is 12.1 Å². The molecule has 0 aromatic heterocycles. The number of aliphatic hydroxyl groups excluding tert-OH is 1. The largest absolute Gasteiger partial charge is 0.461 e. The average Bonchev–Trinajstić information content (AvgIpc) is 3.50. The zero-order valence-corrected chi connectivity index (χ0v) is 30.0. The van der Waals surface area contributed by atoms with Gasteiger partial charge in [-0.1, -0.05) is 91.0 Å². The van der Waals surface area contributed by atoms with E-state index in [0.717, 1.165) is 33.0 Å². The van der Waals surface area contributed by atoms with Crippen LogP contribution in [0, 0.1) is 5.92 Å². The van der Waals surface area contributed by atoms with Crippen molar-refractivity contribution in [2.75, 3.05) is 25.1 Å². The Kier molecular flexibility index (Phi) is 12.4. The molecule has 0 saturated carbocycles. The van der Waals surface area contributed by atoms with E-state index in [-0.39, 0.29) is 38.4 Å². The zero-order chi connectivity index (χ0) is 38.0. The van der Waals surface area contributed by atoms with Gasteiger partial charge in [-0.3, -0.25) is 14.4 Å². The monoisotopic (exact) mass is 732 g/mol. The van der Waals surface area contributed by atoms with Gasteiger partial charge in [0.1, 0.15) is 25.3 Å². The minimum atomic E-state index is -1.34. The van der Waals surface area contributed by atoms with Crippen molar-refractivity contribution in [1.29, 1.82) is 0 Å². The van der Waals surface area contributed by atoms with E-state index in [1.165, 1.54) is 0 Å². The number of rotatable bonds is 9. The molecule has 0 fully saturated rings. The Morgan fingerprint density at radius 3 is 2.31 bits per heavy atom. The fourth-order valence-electron chi connectivity index (χ4n) is 6.79. The fourth-order valence-corrected chi connectivity index (χ4v) is 6.79. The summed E-state index contributed by atoms with van der Waals surface area (Å²) in [6.45, 7) is 0.879. The van der Waals surface area contributed by atoms with Gasteiger partial charge in [0.2, 0.25) is 11.8 Å². The molecule has 0 radical (unpaired) electrons. The molecule has 280 valence electrons. The predicted octanol–water partition coefficient (Wildman–Crippen LogP) is 4.96. The van der Waals surface area contributed by atoms with Crippen LogP contribution in [0.5, 0.6) is 0 Å². The van der Waals surface area contributed by atoms with Crippen molar-refractivity contribution >= 4 is 46.2 Å². The van der Waals surface area contributed by atoms with Gasteiger partial charge in [-0.05, 0) is 71.3 Å². The van der Waals surface area contributed by atoms with Crippen LogP contribution < -0.4 is 21.3 Å². The van der Waals surface area contributed by atoms with Gasteiger partial charge in [0.15, 0.2) is 0 Å². The van der Waals surface area contributed by atoms with Crippen LogP contribution in [0.25, 0.3) is 21.9 Å². The first-order valence-electron chi connectivity index (χ1n) is 18.1. The number of ether oxygens (including phenoxy) is 2. The second-order valence-corrected chi connectivity index (χ2v) is 13.6. The maximum absolute atomic E-state index is 13.7. The summed E-state index contributed by atoms with van der Waals surface area (Å²) in [5.74, 6) is -3.52. The van der Waals surface area contributed by atoms with Crippen molar-refractivity contribution in [3.8, 4) is 11.1 Å². The second kappa shape index (κ2) is 17.7. The standard InChI is InChI=1S/C42H44N4O8/c1-26(23-47)43-38(48)22-29-13-3-2-4-18-36(46-42(52)54-24-35-33-16-9-7-14-31(33)32-15-8-10-17-34(32)35)41(51)53-25-37(45-39(29)49)40(50)44-30-20-19-27-11-5-6-12-28(27)21-30/h2-3,5-12,14-17,19-21,26,29,35-37,47H,4,13,18,22-25H2,1H3,(H,43,48)(H,44,50)(H,45,49)(H,46,52)/t26-,29-,36+,37+/m1/s1. The van der Waals surface area contributed by atoms with E-state index in [1.54, 1.807) is 31.2 Å². The van der Waals surface area contributed by atoms with E-state index in [2.05, 4.69) is 21.3 Å². The number of alkyl carbamates (subject to hydrolysis) is 1. The molecule has 0 saturated heterocycles. The lowest BCUT2D eigenvalue weighted by Gasteiger charge is -2.23. The van der Waals surface area contributed by atoms with Gasteiger partial charge in [-0.2, -0.15) is 0 Å². The molecule has 0 bridgehead atoms. The molecule has 4 amide bonds. The molecule has 2 aliphatic rings. The van der Waals surface area contributed by atoms with E-state index in [4.69, 9.17) is 9.47 Å². The van der Waals surface area contributed by atoms with Crippen LogP contribution in [0.2, 0.25) is 0 Å². The number of amides is 4. The highest BCUT2D eigenvalue weighted by Crippen LogP contribution is 2.44. The third-order valence-corrected chi connectivity index (χ3v) is 9.66. The lowest BCUT2D eigenvalue weighted by Crippen LogP contribution is -2.50. The first kappa shape index (κ1) is 37.7. The summed E-state index contributed by atoms with van der Waals surface area (Å²) in [6, 6.07) is 26.0. The first-order valence-corrected chi connectivity index (χ1v) is 18.1. The van der Waals surface area contributed by atoms with Crippen LogP contribution in [-0.2, 0) is 28.7 Å². The van der Waals surface area contributed by atoms with Crippen molar-refractivity contribution in [1.82, 2.24) is 16.0 Å². The third-order valence-electron chi connectivity index (χ3n) is 9.66. The van der Waals surface area contributed by atoms with E-state index in [9.17, 15) is 29.1 Å². The number of cyclic esters (lactones) is 1. The van der Waals surface area contributed by atoms with Gasteiger partial charge in [0, 0.05) is 24.1 Å². The smallest absolute Gasteiger partial charge is 0.407 e. The molecule has 12 heteroatoms. The Morgan fingerprint density at radius 2 is 1.59 bits per heavy atom. The summed E-state index contributed by atoms with van der Waals surface area (Å²) in [5.41, 5.74) is 4.73. The van der Waals surface area contributed by atoms with E-state index < -0.39 is 60.4 Å². The topological polar surface area (TPSA) is 172 Å². The van der Waals surface area contributed by atoms with Crippen molar-refractivity contribution in [2.24, 2.45) is 5.92 Å². The Labute approximate surface area is 313 Å². The second-order valence-electron chi connectivity index (χ2n) is 13.6. The Hall–Kier alpha value is -6.01. The van der Waals surface area contributed by atoms with Crippen molar-refractivity contribution in [3.63, 3.8) is 0 Å². The quantitative estimate of drug-likeness (QED) is 0.119.